The molecule has 156 valence electrons. The van der Waals surface area contributed by atoms with Crippen LogP contribution in [0.5, 0.6) is 5.75 Å². The number of aromatic nitrogens is 3. The molecule has 0 aliphatic heterocycles. The first-order valence-corrected chi connectivity index (χ1v) is 9.60. The third-order valence-electron chi connectivity index (χ3n) is 4.38. The zero-order chi connectivity index (χ0) is 21.2. The predicted octanol–water partition coefficient (Wildman–Crippen LogP) is 2.13. The molecule has 1 heterocycles. The molecule has 30 heavy (non-hydrogen) atoms. The quantitative estimate of drug-likeness (QED) is 0.517. The molecule has 1 N–H and O–H groups in total. The van der Waals surface area contributed by atoms with Crippen molar-refractivity contribution in [3.8, 4) is 5.75 Å². The van der Waals surface area contributed by atoms with Gasteiger partial charge in [-0.2, -0.15) is 0 Å². The molecule has 0 aliphatic rings. The number of rotatable bonds is 10. The van der Waals surface area contributed by atoms with Gasteiger partial charge in [0.15, 0.2) is 6.61 Å². The summed E-state index contributed by atoms with van der Waals surface area (Å²) in [4.78, 5) is 23.2. The normalized spacial score (nSPS) is 10.4. The molecule has 0 aliphatic carbocycles. The number of nitrogens with one attached hydrogen (secondary N) is 1. The number of carbonyl (C=O) groups excluding carboxylic acids is 2. The maximum atomic E-state index is 12.0. The largest absolute Gasteiger partial charge is 0.484 e. The molecule has 8 heteroatoms. The monoisotopic (exact) mass is 408 g/mol. The van der Waals surface area contributed by atoms with Gasteiger partial charge < -0.3 is 14.8 Å². The first-order chi connectivity index (χ1) is 14.6. The van der Waals surface area contributed by atoms with Crippen molar-refractivity contribution in [1.29, 1.82) is 0 Å². The minimum atomic E-state index is -0.248. The fourth-order valence-corrected chi connectivity index (χ4v) is 2.76. The zero-order valence-electron chi connectivity index (χ0n) is 16.8. The van der Waals surface area contributed by atoms with Gasteiger partial charge in [-0.1, -0.05) is 47.7 Å². The number of ether oxygens (including phenoxy) is 2. The molecule has 0 unspecified atom stereocenters. The van der Waals surface area contributed by atoms with Gasteiger partial charge in [-0.25, -0.2) is 4.68 Å². The van der Waals surface area contributed by atoms with Crippen molar-refractivity contribution < 1.29 is 19.1 Å². The smallest absolute Gasteiger partial charge is 0.305 e. The SMILES string of the molecule is COC(=O)CCc1ccc(OCC(=O)NCc2cn(Cc3ccccc3)nn2)cc1. The van der Waals surface area contributed by atoms with E-state index in [1.54, 1.807) is 23.0 Å². The summed E-state index contributed by atoms with van der Waals surface area (Å²) in [6, 6.07) is 17.2. The Hall–Kier alpha value is -3.68. The second-order valence-electron chi connectivity index (χ2n) is 6.68. The van der Waals surface area contributed by atoms with E-state index >= 15 is 0 Å². The third-order valence-corrected chi connectivity index (χ3v) is 4.38. The maximum Gasteiger partial charge on any atom is 0.305 e. The molecule has 0 spiro atoms. The molecular formula is C22H24N4O4. The summed E-state index contributed by atoms with van der Waals surface area (Å²) in [5.41, 5.74) is 2.80. The van der Waals surface area contributed by atoms with Crippen LogP contribution in [0.2, 0.25) is 0 Å². The van der Waals surface area contributed by atoms with Crippen LogP contribution >= 0.6 is 0 Å². The van der Waals surface area contributed by atoms with Crippen LogP contribution in [-0.2, 0) is 33.8 Å². The van der Waals surface area contributed by atoms with Crippen molar-refractivity contribution in [2.24, 2.45) is 0 Å². The van der Waals surface area contributed by atoms with Gasteiger partial charge in [-0.3, -0.25) is 9.59 Å². The topological polar surface area (TPSA) is 95.3 Å². The molecule has 1 amide bonds. The van der Waals surface area contributed by atoms with E-state index in [2.05, 4.69) is 20.4 Å². The van der Waals surface area contributed by atoms with Crippen LogP contribution in [0, 0.1) is 0 Å². The summed E-state index contributed by atoms with van der Waals surface area (Å²) in [6.07, 6.45) is 2.73. The van der Waals surface area contributed by atoms with E-state index in [-0.39, 0.29) is 25.0 Å². The molecular weight excluding hydrogens is 384 g/mol. The van der Waals surface area contributed by atoms with Crippen molar-refractivity contribution in [2.75, 3.05) is 13.7 Å². The maximum absolute atomic E-state index is 12.0. The van der Waals surface area contributed by atoms with Gasteiger partial charge in [0.2, 0.25) is 0 Å². The summed E-state index contributed by atoms with van der Waals surface area (Å²) in [5.74, 6) is 0.0928. The summed E-state index contributed by atoms with van der Waals surface area (Å²) in [7, 11) is 1.37. The van der Waals surface area contributed by atoms with Crippen molar-refractivity contribution in [2.45, 2.75) is 25.9 Å². The van der Waals surface area contributed by atoms with Crippen LogP contribution < -0.4 is 10.1 Å². The van der Waals surface area contributed by atoms with Gasteiger partial charge in [-0.05, 0) is 29.7 Å². The van der Waals surface area contributed by atoms with E-state index in [1.807, 2.05) is 42.5 Å². The van der Waals surface area contributed by atoms with E-state index in [0.29, 0.717) is 30.8 Å². The number of aryl methyl sites for hydroxylation is 1. The highest BCUT2D eigenvalue weighted by molar-refractivity contribution is 5.77. The summed E-state index contributed by atoms with van der Waals surface area (Å²) >= 11 is 0. The van der Waals surface area contributed by atoms with Crippen LogP contribution in [0.25, 0.3) is 0 Å². The highest BCUT2D eigenvalue weighted by atomic mass is 16.5. The molecule has 0 radical (unpaired) electrons. The van der Waals surface area contributed by atoms with Gasteiger partial charge in [0.05, 0.1) is 26.4 Å². The van der Waals surface area contributed by atoms with E-state index in [1.165, 1.54) is 7.11 Å². The van der Waals surface area contributed by atoms with Crippen molar-refractivity contribution in [1.82, 2.24) is 20.3 Å². The van der Waals surface area contributed by atoms with E-state index in [4.69, 9.17) is 4.74 Å². The van der Waals surface area contributed by atoms with Crippen LogP contribution in [-0.4, -0.2) is 40.6 Å². The number of hydrogen-bond acceptors (Lipinski definition) is 6. The number of carbonyl (C=O) groups is 2. The highest BCUT2D eigenvalue weighted by Gasteiger charge is 2.07. The van der Waals surface area contributed by atoms with Gasteiger partial charge in [0.25, 0.3) is 5.91 Å². The lowest BCUT2D eigenvalue weighted by Crippen LogP contribution is -2.28. The van der Waals surface area contributed by atoms with Gasteiger partial charge in [-0.15, -0.1) is 5.10 Å². The first-order valence-electron chi connectivity index (χ1n) is 9.60. The lowest BCUT2D eigenvalue weighted by atomic mass is 10.1. The van der Waals surface area contributed by atoms with E-state index < -0.39 is 0 Å². The second-order valence-corrected chi connectivity index (χ2v) is 6.68. The molecule has 2 aromatic carbocycles. The lowest BCUT2D eigenvalue weighted by Gasteiger charge is -2.07. The molecule has 0 atom stereocenters. The van der Waals surface area contributed by atoms with Crippen LogP contribution in [0.15, 0.2) is 60.8 Å². The van der Waals surface area contributed by atoms with E-state index in [9.17, 15) is 9.59 Å². The molecule has 0 fully saturated rings. The Morgan fingerprint density at radius 3 is 2.53 bits per heavy atom. The van der Waals surface area contributed by atoms with Gasteiger partial charge in [0.1, 0.15) is 11.4 Å². The van der Waals surface area contributed by atoms with Crippen LogP contribution in [0.4, 0.5) is 0 Å². The molecule has 0 bridgehead atoms. The van der Waals surface area contributed by atoms with Crippen molar-refractivity contribution >= 4 is 11.9 Å². The van der Waals surface area contributed by atoms with Gasteiger partial charge >= 0.3 is 5.97 Å². The highest BCUT2D eigenvalue weighted by Crippen LogP contribution is 2.13. The van der Waals surface area contributed by atoms with Crippen LogP contribution in [0.3, 0.4) is 0 Å². The molecule has 1 aromatic heterocycles. The number of methoxy groups -OCH3 is 1. The molecule has 8 nitrogen and oxygen atoms in total. The predicted molar refractivity (Wildman–Crippen MR) is 110 cm³/mol. The fourth-order valence-electron chi connectivity index (χ4n) is 2.76. The van der Waals surface area contributed by atoms with Crippen molar-refractivity contribution in [3.63, 3.8) is 0 Å². The Morgan fingerprint density at radius 2 is 1.80 bits per heavy atom. The summed E-state index contributed by atoms with van der Waals surface area (Å²) in [6.45, 7) is 0.809. The van der Waals surface area contributed by atoms with Crippen molar-refractivity contribution in [3.05, 3.63) is 77.6 Å². The average Bonchev–Trinajstić information content (AvgIpc) is 3.23. The number of benzene rings is 2. The second kappa shape index (κ2) is 10.8. The van der Waals surface area contributed by atoms with E-state index in [0.717, 1.165) is 11.1 Å². The lowest BCUT2D eigenvalue weighted by molar-refractivity contribution is -0.140. The Morgan fingerprint density at radius 1 is 1.03 bits per heavy atom. The first kappa shape index (κ1) is 21.0. The Kier molecular flexibility index (Phi) is 7.54. The fraction of sp³-hybridized carbons (Fsp3) is 0.273. The number of esters is 1. The minimum absolute atomic E-state index is 0.0976. The molecule has 3 rings (SSSR count). The Labute approximate surface area is 174 Å². The standard InChI is InChI=1S/C22H24N4O4/c1-29-22(28)12-9-17-7-10-20(11-8-17)30-16-21(27)23-13-19-15-26(25-24-19)14-18-5-3-2-4-6-18/h2-8,10-11,15H,9,12-14,16H2,1H3,(H,23,27). The molecule has 0 saturated heterocycles. The zero-order valence-corrected chi connectivity index (χ0v) is 16.8. The number of amides is 1. The number of nitrogens with zero attached hydrogens (tertiary/aromatic N) is 3. The summed E-state index contributed by atoms with van der Waals surface area (Å²) < 4.78 is 11.9. The van der Waals surface area contributed by atoms with Gasteiger partial charge in [0, 0.05) is 6.42 Å². The third kappa shape index (κ3) is 6.73. The number of hydrogen-bond donors (Lipinski definition) is 1. The minimum Gasteiger partial charge on any atom is -0.484 e. The van der Waals surface area contributed by atoms with Crippen LogP contribution in [0.1, 0.15) is 23.2 Å². The molecule has 0 saturated carbocycles. The molecule has 3 aromatic rings. The Balaban J connectivity index is 1.38. The summed E-state index contributed by atoms with van der Waals surface area (Å²) in [5, 5.41) is 10.9. The average molecular weight is 408 g/mol. The Bertz CT molecular complexity index is 955.